The molecular weight excluding hydrogens is 206 g/mol. The number of hydrogen-bond donors (Lipinski definition) is 2. The molecule has 0 atom stereocenters. The zero-order valence-corrected chi connectivity index (χ0v) is 9.34. The van der Waals surface area contributed by atoms with E-state index in [1.54, 1.807) is 17.5 Å². The number of nitrogens with zero attached hydrogens (tertiary/aromatic N) is 1. The Hall–Kier alpha value is -1.55. The average Bonchev–Trinajstić information content (AvgIpc) is 2.69. The van der Waals surface area contributed by atoms with Crippen molar-refractivity contribution in [3.63, 3.8) is 0 Å². The third-order valence-corrected chi connectivity index (χ3v) is 2.99. The average molecular weight is 219 g/mol. The predicted octanol–water partition coefficient (Wildman–Crippen LogP) is 2.65. The van der Waals surface area contributed by atoms with Gasteiger partial charge in [-0.25, -0.2) is 4.98 Å². The Morgan fingerprint density at radius 2 is 2.40 bits per heavy atom. The van der Waals surface area contributed by atoms with E-state index in [0.29, 0.717) is 5.69 Å². The van der Waals surface area contributed by atoms with Crippen LogP contribution in [-0.4, -0.2) is 4.98 Å². The Labute approximate surface area is 93.0 Å². The van der Waals surface area contributed by atoms with Crippen molar-refractivity contribution in [2.24, 2.45) is 0 Å². The van der Waals surface area contributed by atoms with Crippen molar-refractivity contribution in [3.05, 3.63) is 40.2 Å². The molecule has 15 heavy (non-hydrogen) atoms. The van der Waals surface area contributed by atoms with Gasteiger partial charge in [-0.1, -0.05) is 6.07 Å². The fourth-order valence-corrected chi connectivity index (χ4v) is 2.01. The van der Waals surface area contributed by atoms with Crippen molar-refractivity contribution in [1.82, 2.24) is 4.98 Å². The summed E-state index contributed by atoms with van der Waals surface area (Å²) in [5.41, 5.74) is 7.41. The third-order valence-electron chi connectivity index (χ3n) is 2.11. The van der Waals surface area contributed by atoms with Crippen LogP contribution >= 0.6 is 11.3 Å². The highest BCUT2D eigenvalue weighted by Crippen LogP contribution is 2.16. The Morgan fingerprint density at radius 1 is 1.53 bits per heavy atom. The summed E-state index contributed by atoms with van der Waals surface area (Å²) in [7, 11) is 0. The third kappa shape index (κ3) is 2.47. The molecule has 2 aromatic heterocycles. The summed E-state index contributed by atoms with van der Waals surface area (Å²) in [5.74, 6) is 0.901. The van der Waals surface area contributed by atoms with E-state index in [9.17, 15) is 0 Å². The van der Waals surface area contributed by atoms with E-state index >= 15 is 0 Å². The maximum atomic E-state index is 5.63. The van der Waals surface area contributed by atoms with Crippen molar-refractivity contribution < 1.29 is 0 Å². The molecule has 0 saturated carbocycles. The number of hydrogen-bond acceptors (Lipinski definition) is 4. The first-order valence-electron chi connectivity index (χ1n) is 4.74. The summed E-state index contributed by atoms with van der Waals surface area (Å²) >= 11 is 1.74. The molecule has 0 spiro atoms. The molecule has 3 nitrogen and oxygen atoms in total. The van der Waals surface area contributed by atoms with E-state index in [-0.39, 0.29) is 0 Å². The minimum Gasteiger partial charge on any atom is -0.397 e. The molecule has 0 radical (unpaired) electrons. The smallest absolute Gasteiger partial charge is 0.129 e. The molecule has 4 heteroatoms. The first kappa shape index (κ1) is 9.98. The van der Waals surface area contributed by atoms with Gasteiger partial charge in [0.25, 0.3) is 0 Å². The van der Waals surface area contributed by atoms with Crippen LogP contribution in [0.5, 0.6) is 0 Å². The number of pyridine rings is 1. The van der Waals surface area contributed by atoms with E-state index < -0.39 is 0 Å². The van der Waals surface area contributed by atoms with Gasteiger partial charge in [-0.2, -0.15) is 0 Å². The zero-order valence-electron chi connectivity index (χ0n) is 8.53. The van der Waals surface area contributed by atoms with E-state index in [2.05, 4.69) is 21.7 Å². The van der Waals surface area contributed by atoms with Crippen LogP contribution in [0.15, 0.2) is 29.8 Å². The van der Waals surface area contributed by atoms with Gasteiger partial charge in [0.1, 0.15) is 5.82 Å². The van der Waals surface area contributed by atoms with E-state index in [4.69, 9.17) is 5.73 Å². The van der Waals surface area contributed by atoms with Gasteiger partial charge in [-0.15, -0.1) is 11.3 Å². The molecule has 0 amide bonds. The molecule has 2 rings (SSSR count). The molecule has 78 valence electrons. The lowest BCUT2D eigenvalue weighted by Crippen LogP contribution is -2.02. The van der Waals surface area contributed by atoms with Crippen LogP contribution in [0.2, 0.25) is 0 Å². The van der Waals surface area contributed by atoms with Crippen molar-refractivity contribution in [1.29, 1.82) is 0 Å². The maximum Gasteiger partial charge on any atom is 0.129 e. The van der Waals surface area contributed by atoms with Crippen LogP contribution in [0.1, 0.15) is 10.4 Å². The quantitative estimate of drug-likeness (QED) is 0.834. The molecule has 0 aliphatic carbocycles. The van der Waals surface area contributed by atoms with Gasteiger partial charge in [0.05, 0.1) is 18.4 Å². The second kappa shape index (κ2) is 4.31. The first-order chi connectivity index (χ1) is 7.25. The number of thiophene rings is 1. The van der Waals surface area contributed by atoms with Crippen LogP contribution in [-0.2, 0) is 6.54 Å². The summed E-state index contributed by atoms with van der Waals surface area (Å²) in [6.07, 6.45) is 1.67. The summed E-state index contributed by atoms with van der Waals surface area (Å²) in [6.45, 7) is 2.82. The Bertz CT molecular complexity index is 437. The summed E-state index contributed by atoms with van der Waals surface area (Å²) in [6, 6.07) is 6.07. The number of rotatable bonds is 3. The topological polar surface area (TPSA) is 50.9 Å². The second-order valence-corrected chi connectivity index (χ2v) is 4.40. The first-order valence-corrected chi connectivity index (χ1v) is 5.62. The highest BCUT2D eigenvalue weighted by Gasteiger charge is 2.00. The zero-order chi connectivity index (χ0) is 10.7. The number of aryl methyl sites for hydroxylation is 1. The molecule has 0 saturated heterocycles. The lowest BCUT2D eigenvalue weighted by Gasteiger charge is -2.07. The van der Waals surface area contributed by atoms with E-state index in [1.165, 1.54) is 4.88 Å². The predicted molar refractivity (Wildman–Crippen MR) is 65.0 cm³/mol. The second-order valence-electron chi connectivity index (χ2n) is 3.37. The molecule has 0 aromatic carbocycles. The summed E-state index contributed by atoms with van der Waals surface area (Å²) in [4.78, 5) is 5.54. The van der Waals surface area contributed by atoms with E-state index in [1.807, 2.05) is 19.1 Å². The molecule has 0 aliphatic rings. The van der Waals surface area contributed by atoms with Crippen molar-refractivity contribution in [3.8, 4) is 0 Å². The highest BCUT2D eigenvalue weighted by molar-refractivity contribution is 7.09. The maximum absolute atomic E-state index is 5.63. The monoisotopic (exact) mass is 219 g/mol. The fourth-order valence-electron chi connectivity index (χ4n) is 1.37. The fraction of sp³-hybridized carbons (Fsp3) is 0.182. The molecule has 2 heterocycles. The van der Waals surface area contributed by atoms with Gasteiger partial charge in [0.2, 0.25) is 0 Å². The lowest BCUT2D eigenvalue weighted by molar-refractivity contribution is 1.12. The van der Waals surface area contributed by atoms with Gasteiger partial charge in [-0.05, 0) is 30.0 Å². The summed E-state index contributed by atoms with van der Waals surface area (Å²) in [5, 5.41) is 5.36. The number of anilines is 2. The Balaban J connectivity index is 2.05. The molecule has 0 fully saturated rings. The van der Waals surface area contributed by atoms with Gasteiger partial charge in [0.15, 0.2) is 0 Å². The molecule has 0 aliphatic heterocycles. The molecule has 3 N–H and O–H groups in total. The van der Waals surface area contributed by atoms with Crippen molar-refractivity contribution in [2.45, 2.75) is 13.5 Å². The molecule has 0 unspecified atom stereocenters. The lowest BCUT2D eigenvalue weighted by atomic mass is 10.2. The SMILES string of the molecule is Cc1cc(N)cnc1NCc1cccs1. The number of nitrogen functional groups attached to an aromatic ring is 1. The van der Waals surface area contributed by atoms with Crippen LogP contribution < -0.4 is 11.1 Å². The van der Waals surface area contributed by atoms with Crippen molar-refractivity contribution in [2.75, 3.05) is 11.1 Å². The molecular formula is C11H13N3S. The largest absolute Gasteiger partial charge is 0.397 e. The molecule has 0 bridgehead atoms. The van der Waals surface area contributed by atoms with Crippen molar-refractivity contribution >= 4 is 22.8 Å². The van der Waals surface area contributed by atoms with Gasteiger partial charge >= 0.3 is 0 Å². The van der Waals surface area contributed by atoms with Crippen LogP contribution in [0.25, 0.3) is 0 Å². The molecule has 2 aromatic rings. The Kier molecular flexibility index (Phi) is 2.87. The van der Waals surface area contributed by atoms with Gasteiger partial charge < -0.3 is 11.1 Å². The highest BCUT2D eigenvalue weighted by atomic mass is 32.1. The van der Waals surface area contributed by atoms with E-state index in [0.717, 1.165) is 17.9 Å². The number of aromatic nitrogens is 1. The number of nitrogens with two attached hydrogens (primary N) is 1. The van der Waals surface area contributed by atoms with Gasteiger partial charge in [-0.3, -0.25) is 0 Å². The van der Waals surface area contributed by atoms with Crippen LogP contribution in [0.3, 0.4) is 0 Å². The normalized spacial score (nSPS) is 10.2. The van der Waals surface area contributed by atoms with Gasteiger partial charge in [0, 0.05) is 4.88 Å². The van der Waals surface area contributed by atoms with Crippen LogP contribution in [0.4, 0.5) is 11.5 Å². The van der Waals surface area contributed by atoms with Crippen LogP contribution in [0, 0.1) is 6.92 Å². The standard InChI is InChI=1S/C11H13N3S/c1-8-5-9(12)6-13-11(8)14-7-10-3-2-4-15-10/h2-6H,7,12H2,1H3,(H,13,14). The Morgan fingerprint density at radius 3 is 3.07 bits per heavy atom. The minimum atomic E-state index is 0.703. The summed E-state index contributed by atoms with van der Waals surface area (Å²) < 4.78 is 0. The minimum absolute atomic E-state index is 0.703. The number of nitrogens with one attached hydrogen (secondary N) is 1.